The highest BCUT2D eigenvalue weighted by Crippen LogP contribution is 2.65. The highest BCUT2D eigenvalue weighted by molar-refractivity contribution is 6.47. The van der Waals surface area contributed by atoms with E-state index >= 15 is 0 Å². The van der Waals surface area contributed by atoms with Gasteiger partial charge in [0, 0.05) is 25.6 Å². The van der Waals surface area contributed by atoms with Crippen LogP contribution in [0, 0.1) is 23.2 Å². The number of rotatable bonds is 9. The van der Waals surface area contributed by atoms with Gasteiger partial charge in [0.1, 0.15) is 11.6 Å². The van der Waals surface area contributed by atoms with E-state index in [1.165, 1.54) is 11.0 Å². The number of nitrogens with zero attached hydrogens (tertiary/aromatic N) is 2. The van der Waals surface area contributed by atoms with Gasteiger partial charge in [0.2, 0.25) is 11.8 Å². The highest BCUT2D eigenvalue weighted by atomic mass is 19.4. The van der Waals surface area contributed by atoms with E-state index in [0.717, 1.165) is 37.8 Å². The molecule has 3 amide bonds. The van der Waals surface area contributed by atoms with Crippen LogP contribution in [0.15, 0.2) is 24.3 Å². The topological polar surface area (TPSA) is 123 Å². The predicted molar refractivity (Wildman–Crippen MR) is 185 cm³/mol. The van der Waals surface area contributed by atoms with Gasteiger partial charge >= 0.3 is 19.4 Å². The molecule has 10 nitrogen and oxygen atoms in total. The molecule has 51 heavy (non-hydrogen) atoms. The van der Waals surface area contributed by atoms with Crippen molar-refractivity contribution in [1.82, 2.24) is 15.1 Å². The Labute approximate surface area is 299 Å². The first-order valence-corrected chi connectivity index (χ1v) is 18.6. The van der Waals surface area contributed by atoms with Crippen molar-refractivity contribution >= 4 is 25.0 Å². The van der Waals surface area contributed by atoms with Gasteiger partial charge in [-0.05, 0) is 102 Å². The van der Waals surface area contributed by atoms with E-state index in [1.54, 1.807) is 31.7 Å². The number of halogens is 3. The van der Waals surface area contributed by atoms with Crippen molar-refractivity contribution in [3.63, 3.8) is 0 Å². The first kappa shape index (κ1) is 37.9. The van der Waals surface area contributed by atoms with Crippen molar-refractivity contribution in [2.45, 2.75) is 128 Å². The molecule has 7 rings (SSSR count). The normalized spacial score (nSPS) is 32.0. The van der Waals surface area contributed by atoms with Crippen LogP contribution in [0.2, 0.25) is 0 Å². The van der Waals surface area contributed by atoms with Crippen LogP contribution in [0.4, 0.5) is 18.0 Å². The maximum absolute atomic E-state index is 14.4. The number of amides is 3. The molecular weight excluding hydrogens is 664 g/mol. The van der Waals surface area contributed by atoms with Crippen molar-refractivity contribution in [3.8, 4) is 0 Å². The van der Waals surface area contributed by atoms with E-state index in [-0.39, 0.29) is 36.4 Å². The van der Waals surface area contributed by atoms with Crippen LogP contribution >= 0.6 is 0 Å². The zero-order valence-corrected chi connectivity index (χ0v) is 30.8. The zero-order chi connectivity index (χ0) is 37.1. The monoisotopic (exact) mass is 718 g/mol. The van der Waals surface area contributed by atoms with E-state index in [9.17, 15) is 27.6 Å². The Kier molecular flexibility index (Phi) is 10.3. The Morgan fingerprint density at radius 3 is 2.53 bits per heavy atom. The number of alkyl halides is 3. The molecule has 6 aliphatic rings. The van der Waals surface area contributed by atoms with Gasteiger partial charge in [-0.15, -0.1) is 0 Å². The minimum absolute atomic E-state index is 0.00942. The molecule has 14 heteroatoms. The molecule has 3 aliphatic carbocycles. The Morgan fingerprint density at radius 2 is 1.86 bits per heavy atom. The van der Waals surface area contributed by atoms with Gasteiger partial charge in [-0.1, -0.05) is 38.5 Å². The van der Waals surface area contributed by atoms with E-state index in [2.05, 4.69) is 26.1 Å². The Bertz CT molecular complexity index is 1490. The zero-order valence-electron chi connectivity index (χ0n) is 30.8. The van der Waals surface area contributed by atoms with Gasteiger partial charge in [0.15, 0.2) is 0 Å². The quantitative estimate of drug-likeness (QED) is 0.255. The summed E-state index contributed by atoms with van der Waals surface area (Å²) in [6.07, 6.45) is -0.0838. The molecule has 3 saturated carbocycles. The number of carbonyl (C=O) groups excluding carboxylic acids is 3. The first-order chi connectivity index (χ1) is 23.8. The maximum Gasteiger partial charge on any atom is 0.481 e. The molecular formula is C37H54BF3N4O6. The van der Waals surface area contributed by atoms with E-state index < -0.39 is 60.0 Å². The average molecular weight is 719 g/mol. The smallest absolute Gasteiger partial charge is 0.444 e. The molecule has 2 bridgehead atoms. The molecule has 0 radical (unpaired) electrons. The van der Waals surface area contributed by atoms with E-state index in [4.69, 9.17) is 19.8 Å². The van der Waals surface area contributed by atoms with Crippen LogP contribution in [0.25, 0.3) is 0 Å². The summed E-state index contributed by atoms with van der Waals surface area (Å²) in [5.41, 5.74) is 4.20. The molecule has 3 aliphatic heterocycles. The number of nitrogens with two attached hydrogens (primary N) is 1. The summed E-state index contributed by atoms with van der Waals surface area (Å²) in [6.45, 7) is 12.7. The third kappa shape index (κ3) is 7.38. The third-order valence-electron chi connectivity index (χ3n) is 12.4. The van der Waals surface area contributed by atoms with Gasteiger partial charge in [-0.2, -0.15) is 13.2 Å². The molecule has 6 fully saturated rings. The van der Waals surface area contributed by atoms with Crippen LogP contribution < -0.4 is 11.1 Å². The molecule has 282 valence electrons. The minimum Gasteiger partial charge on any atom is -0.444 e. The number of nitrogens with one attached hydrogen (secondary N) is 1. The Balaban J connectivity index is 1.20. The SMILES string of the molecule is CC(C)(C)OC(=O)N1C[C@H](C(=O)N2CCC[C@H]2C(=O)N[C@@H](CCCCN)B2O[C@@H]3C[C@@H]4C[C@@H](C4(C)C)[C@]3(C)O2)[C@@H](c2cccc(C(F)(F)F)c2)C1. The summed E-state index contributed by atoms with van der Waals surface area (Å²) in [4.78, 5) is 44.7. The predicted octanol–water partition coefficient (Wildman–Crippen LogP) is 5.53. The molecule has 0 spiro atoms. The number of benzene rings is 1. The number of unbranched alkanes of at least 4 members (excludes halogenated alkanes) is 1. The molecule has 1 aromatic carbocycles. The van der Waals surface area contributed by atoms with E-state index in [0.29, 0.717) is 49.8 Å². The molecule has 1 aromatic rings. The van der Waals surface area contributed by atoms with Crippen molar-refractivity contribution in [3.05, 3.63) is 35.4 Å². The summed E-state index contributed by atoms with van der Waals surface area (Å²) < 4.78 is 60.1. The van der Waals surface area contributed by atoms with Crippen molar-refractivity contribution in [1.29, 1.82) is 0 Å². The second kappa shape index (κ2) is 13.9. The first-order valence-electron chi connectivity index (χ1n) is 18.6. The van der Waals surface area contributed by atoms with Gasteiger partial charge in [0.25, 0.3) is 0 Å². The summed E-state index contributed by atoms with van der Waals surface area (Å²) >= 11 is 0. The fraction of sp³-hybridized carbons (Fsp3) is 0.757. The van der Waals surface area contributed by atoms with Crippen LogP contribution in [0.1, 0.15) is 104 Å². The maximum atomic E-state index is 14.4. The van der Waals surface area contributed by atoms with Gasteiger partial charge in [-0.3, -0.25) is 9.59 Å². The van der Waals surface area contributed by atoms with Gasteiger partial charge < -0.3 is 34.9 Å². The number of hydrogen-bond acceptors (Lipinski definition) is 7. The summed E-state index contributed by atoms with van der Waals surface area (Å²) in [7, 11) is -0.634. The van der Waals surface area contributed by atoms with Crippen molar-refractivity contribution < 1.29 is 41.6 Å². The third-order valence-corrected chi connectivity index (χ3v) is 12.4. The lowest BCUT2D eigenvalue weighted by Crippen LogP contribution is -2.65. The Morgan fingerprint density at radius 1 is 1.12 bits per heavy atom. The Hall–Kier alpha value is -2.84. The largest absolute Gasteiger partial charge is 0.481 e. The van der Waals surface area contributed by atoms with Crippen molar-refractivity contribution in [2.75, 3.05) is 26.2 Å². The average Bonchev–Trinajstić information content (AvgIpc) is 3.79. The second-order valence-corrected chi connectivity index (χ2v) is 17.1. The summed E-state index contributed by atoms with van der Waals surface area (Å²) in [6, 6.07) is 4.14. The molecule has 0 unspecified atom stereocenters. The second-order valence-electron chi connectivity index (χ2n) is 17.1. The van der Waals surface area contributed by atoms with Crippen LogP contribution in [0.5, 0.6) is 0 Å². The van der Waals surface area contributed by atoms with E-state index in [1.807, 2.05) is 0 Å². The van der Waals surface area contributed by atoms with Gasteiger partial charge in [0.05, 0.1) is 29.1 Å². The summed E-state index contributed by atoms with van der Waals surface area (Å²) in [5, 5.41) is 3.20. The number of likely N-dealkylation sites (tertiary alicyclic amines) is 2. The molecule has 3 saturated heterocycles. The molecule has 3 N–H and O–H groups in total. The lowest BCUT2D eigenvalue weighted by atomic mass is 9.43. The fourth-order valence-corrected chi connectivity index (χ4v) is 9.46. The van der Waals surface area contributed by atoms with Crippen LogP contribution in [0.3, 0.4) is 0 Å². The number of carbonyl (C=O) groups is 3. The molecule has 3 heterocycles. The number of hydrogen-bond donors (Lipinski definition) is 2. The number of ether oxygens (including phenoxy) is 1. The molecule has 0 aromatic heterocycles. The fourth-order valence-electron chi connectivity index (χ4n) is 9.46. The summed E-state index contributed by atoms with van der Waals surface area (Å²) in [5.74, 6) is -1.78. The minimum atomic E-state index is -4.57. The van der Waals surface area contributed by atoms with Crippen molar-refractivity contribution in [2.24, 2.45) is 28.9 Å². The van der Waals surface area contributed by atoms with Gasteiger partial charge in [-0.25, -0.2) is 4.79 Å². The lowest BCUT2D eigenvalue weighted by Gasteiger charge is -2.64. The standard InChI is InChI=1S/C37H54BF3N4O6/c1-34(2,3)49-33(48)44-20-25(22-11-9-12-23(17-22)37(39,40)41)26(21-44)32(47)45-16-10-13-27(45)31(46)43-30(14-7-8-15-42)38-50-29-19-24-18-28(35(24,4)5)36(29,6)51-38/h9,11-12,17,24-30H,7-8,10,13-16,18-21,42H2,1-6H3,(H,43,46)/t24-,25+,26-,27-,28-,29+,30-,36-/m0/s1. The lowest BCUT2D eigenvalue weighted by molar-refractivity contribution is -0.199. The highest BCUT2D eigenvalue weighted by Gasteiger charge is 2.68. The van der Waals surface area contributed by atoms with Crippen LogP contribution in [-0.2, 0) is 29.8 Å². The van der Waals surface area contributed by atoms with Crippen LogP contribution in [-0.4, -0.2) is 90.3 Å². The molecule has 8 atom stereocenters.